The molecule has 0 spiro atoms. The van der Waals surface area contributed by atoms with Gasteiger partial charge in [-0.15, -0.1) is 11.8 Å². The summed E-state index contributed by atoms with van der Waals surface area (Å²) in [6.07, 6.45) is 1.76. The van der Waals surface area contributed by atoms with Gasteiger partial charge in [-0.1, -0.05) is 26.0 Å². The fourth-order valence-corrected chi connectivity index (χ4v) is 2.48. The van der Waals surface area contributed by atoms with Gasteiger partial charge in [0.15, 0.2) is 0 Å². The molecule has 0 bridgehead atoms. The Kier molecular flexibility index (Phi) is 4.26. The van der Waals surface area contributed by atoms with Crippen molar-refractivity contribution in [3.05, 3.63) is 53.9 Å². The summed E-state index contributed by atoms with van der Waals surface area (Å²) < 4.78 is 0. The summed E-state index contributed by atoms with van der Waals surface area (Å²) in [5.41, 5.74) is 8.90. The molecule has 18 heavy (non-hydrogen) atoms. The van der Waals surface area contributed by atoms with Gasteiger partial charge < -0.3 is 5.73 Å². The molecule has 0 aliphatic heterocycles. The Labute approximate surface area is 113 Å². The van der Waals surface area contributed by atoms with E-state index in [0.717, 1.165) is 17.1 Å². The van der Waals surface area contributed by atoms with Gasteiger partial charge in [0.05, 0.1) is 5.69 Å². The van der Waals surface area contributed by atoms with E-state index < -0.39 is 0 Å². The highest BCUT2D eigenvalue weighted by Crippen LogP contribution is 2.24. The zero-order chi connectivity index (χ0) is 13.0. The van der Waals surface area contributed by atoms with E-state index in [-0.39, 0.29) is 0 Å². The fraction of sp³-hybridized carbons (Fsp3) is 0.267. The molecular weight excluding hydrogens is 240 g/mol. The summed E-state index contributed by atoms with van der Waals surface area (Å²) in [5, 5.41) is 0. The molecule has 2 aromatic rings. The molecule has 2 rings (SSSR count). The lowest BCUT2D eigenvalue weighted by molar-refractivity contribution is 0.865. The van der Waals surface area contributed by atoms with Crippen molar-refractivity contribution in [1.29, 1.82) is 0 Å². The number of nitrogen functional groups attached to an aromatic ring is 1. The topological polar surface area (TPSA) is 38.9 Å². The van der Waals surface area contributed by atoms with Crippen molar-refractivity contribution in [1.82, 2.24) is 4.98 Å². The number of thioether (sulfide) groups is 1. The molecule has 0 saturated heterocycles. The maximum Gasteiger partial charge on any atom is 0.0526 e. The zero-order valence-corrected chi connectivity index (χ0v) is 11.6. The van der Waals surface area contributed by atoms with E-state index in [1.807, 2.05) is 12.1 Å². The highest BCUT2D eigenvalue weighted by Gasteiger charge is 2.01. The number of aromatic nitrogens is 1. The molecule has 0 radical (unpaired) electrons. The van der Waals surface area contributed by atoms with Crippen LogP contribution in [-0.4, -0.2) is 4.98 Å². The average Bonchev–Trinajstić information content (AvgIpc) is 2.37. The van der Waals surface area contributed by atoms with Crippen LogP contribution >= 0.6 is 11.8 Å². The van der Waals surface area contributed by atoms with Crippen LogP contribution in [0.2, 0.25) is 0 Å². The van der Waals surface area contributed by atoms with E-state index >= 15 is 0 Å². The quantitative estimate of drug-likeness (QED) is 0.840. The lowest BCUT2D eigenvalue weighted by Gasteiger charge is -2.06. The lowest BCUT2D eigenvalue weighted by Crippen LogP contribution is -1.91. The van der Waals surface area contributed by atoms with Crippen LogP contribution in [0.4, 0.5) is 5.69 Å². The van der Waals surface area contributed by atoms with Crippen LogP contribution in [0.3, 0.4) is 0 Å². The highest BCUT2D eigenvalue weighted by atomic mass is 32.2. The van der Waals surface area contributed by atoms with Gasteiger partial charge in [0.25, 0.3) is 0 Å². The molecule has 94 valence electrons. The van der Waals surface area contributed by atoms with Gasteiger partial charge in [0, 0.05) is 22.5 Å². The number of nitrogens with zero attached hydrogens (tertiary/aromatic N) is 1. The maximum atomic E-state index is 5.73. The van der Waals surface area contributed by atoms with Crippen molar-refractivity contribution in [3.63, 3.8) is 0 Å². The van der Waals surface area contributed by atoms with Gasteiger partial charge in [0.1, 0.15) is 0 Å². The minimum absolute atomic E-state index is 0.583. The molecule has 0 unspecified atom stereocenters. The second-order valence-electron chi connectivity index (χ2n) is 4.59. The third-order valence-electron chi connectivity index (χ3n) is 2.77. The van der Waals surface area contributed by atoms with Crippen LogP contribution in [0.15, 0.2) is 47.5 Å². The number of anilines is 1. The Balaban J connectivity index is 1.98. The van der Waals surface area contributed by atoms with Crippen LogP contribution in [0.25, 0.3) is 0 Å². The lowest BCUT2D eigenvalue weighted by atomic mass is 10.0. The van der Waals surface area contributed by atoms with Gasteiger partial charge in [-0.2, -0.15) is 0 Å². The van der Waals surface area contributed by atoms with Crippen LogP contribution < -0.4 is 5.73 Å². The molecule has 1 heterocycles. The van der Waals surface area contributed by atoms with Crippen LogP contribution in [0.1, 0.15) is 31.0 Å². The molecule has 0 saturated carbocycles. The van der Waals surface area contributed by atoms with Crippen molar-refractivity contribution in [2.24, 2.45) is 0 Å². The standard InChI is InChI=1S/C15H18N2S/c1-11(2)12-3-5-15(6-4-12)18-10-14-9-13(16)7-8-17-14/h3-9,11H,10H2,1-2H3,(H2,16,17). The molecule has 3 heteroatoms. The van der Waals surface area contributed by atoms with Crippen LogP contribution in [0.5, 0.6) is 0 Å². The largest absolute Gasteiger partial charge is 0.399 e. The van der Waals surface area contributed by atoms with Gasteiger partial charge in [0.2, 0.25) is 0 Å². The van der Waals surface area contributed by atoms with Crippen molar-refractivity contribution in [3.8, 4) is 0 Å². The Morgan fingerprint density at radius 1 is 1.17 bits per heavy atom. The third kappa shape index (κ3) is 3.50. The van der Waals surface area contributed by atoms with Gasteiger partial charge in [-0.05, 0) is 35.7 Å². The number of hydrogen-bond donors (Lipinski definition) is 1. The normalized spacial score (nSPS) is 10.8. The van der Waals surface area contributed by atoms with Crippen molar-refractivity contribution < 1.29 is 0 Å². The number of nitrogens with two attached hydrogens (primary N) is 1. The Morgan fingerprint density at radius 3 is 2.50 bits per heavy atom. The van der Waals surface area contributed by atoms with Gasteiger partial charge >= 0.3 is 0 Å². The number of pyridine rings is 1. The summed E-state index contributed by atoms with van der Waals surface area (Å²) >= 11 is 1.78. The first kappa shape index (κ1) is 13.0. The molecule has 0 amide bonds. The predicted octanol–water partition coefficient (Wildman–Crippen LogP) is 4.08. The minimum Gasteiger partial charge on any atom is -0.399 e. The van der Waals surface area contributed by atoms with E-state index in [4.69, 9.17) is 5.73 Å². The van der Waals surface area contributed by atoms with E-state index in [1.165, 1.54) is 10.5 Å². The second-order valence-corrected chi connectivity index (χ2v) is 5.64. The summed E-state index contributed by atoms with van der Waals surface area (Å²) in [7, 11) is 0. The first-order chi connectivity index (χ1) is 8.65. The van der Waals surface area contributed by atoms with Crippen LogP contribution in [0, 0.1) is 0 Å². The third-order valence-corrected chi connectivity index (χ3v) is 3.82. The van der Waals surface area contributed by atoms with E-state index in [1.54, 1.807) is 18.0 Å². The summed E-state index contributed by atoms with van der Waals surface area (Å²) in [6, 6.07) is 12.5. The Bertz CT molecular complexity index is 506. The molecule has 0 aliphatic carbocycles. The van der Waals surface area contributed by atoms with Gasteiger partial charge in [-0.3, -0.25) is 4.98 Å². The summed E-state index contributed by atoms with van der Waals surface area (Å²) in [4.78, 5) is 5.57. The SMILES string of the molecule is CC(C)c1ccc(SCc2cc(N)ccn2)cc1. The fourth-order valence-electron chi connectivity index (χ4n) is 1.68. The van der Waals surface area contributed by atoms with Gasteiger partial charge in [-0.25, -0.2) is 0 Å². The second kappa shape index (κ2) is 5.91. The Hall–Kier alpha value is -1.48. The smallest absolute Gasteiger partial charge is 0.0526 e. The monoisotopic (exact) mass is 258 g/mol. The van der Waals surface area contributed by atoms with E-state index in [9.17, 15) is 0 Å². The molecule has 0 fully saturated rings. The van der Waals surface area contributed by atoms with Crippen molar-refractivity contribution in [2.75, 3.05) is 5.73 Å². The molecule has 0 atom stereocenters. The zero-order valence-electron chi connectivity index (χ0n) is 10.8. The minimum atomic E-state index is 0.583. The first-order valence-electron chi connectivity index (χ1n) is 6.08. The number of hydrogen-bond acceptors (Lipinski definition) is 3. The summed E-state index contributed by atoms with van der Waals surface area (Å²) in [5.74, 6) is 1.44. The Morgan fingerprint density at radius 2 is 1.89 bits per heavy atom. The molecule has 1 aromatic carbocycles. The van der Waals surface area contributed by atoms with E-state index in [0.29, 0.717) is 5.92 Å². The van der Waals surface area contributed by atoms with Crippen molar-refractivity contribution >= 4 is 17.4 Å². The number of rotatable bonds is 4. The first-order valence-corrected chi connectivity index (χ1v) is 7.07. The highest BCUT2D eigenvalue weighted by molar-refractivity contribution is 7.98. The van der Waals surface area contributed by atoms with Crippen LogP contribution in [-0.2, 0) is 5.75 Å². The summed E-state index contributed by atoms with van der Waals surface area (Å²) in [6.45, 7) is 4.41. The molecule has 2 N–H and O–H groups in total. The predicted molar refractivity (Wildman–Crippen MR) is 78.7 cm³/mol. The molecule has 1 aromatic heterocycles. The average molecular weight is 258 g/mol. The van der Waals surface area contributed by atoms with E-state index in [2.05, 4.69) is 43.1 Å². The molecular formula is C15H18N2S. The maximum absolute atomic E-state index is 5.73. The number of benzene rings is 1. The molecule has 0 aliphatic rings. The molecule has 2 nitrogen and oxygen atoms in total. The van der Waals surface area contributed by atoms with Crippen molar-refractivity contribution in [2.45, 2.75) is 30.4 Å².